The molecule has 3 rings (SSSR count). The highest BCUT2D eigenvalue weighted by atomic mass is 19.1. The van der Waals surface area contributed by atoms with E-state index in [2.05, 4.69) is 16.8 Å². The van der Waals surface area contributed by atoms with Crippen LogP contribution in [0.2, 0.25) is 0 Å². The van der Waals surface area contributed by atoms with Gasteiger partial charge in [0, 0.05) is 37.3 Å². The molecule has 0 saturated carbocycles. The summed E-state index contributed by atoms with van der Waals surface area (Å²) in [6, 6.07) is 7.71. The molecule has 0 spiro atoms. The number of likely N-dealkylation sites (N-methyl/N-ethyl adjacent to an activating group) is 1. The number of benzene rings is 1. The molecule has 0 bridgehead atoms. The molecule has 0 fully saturated rings. The fourth-order valence-electron chi connectivity index (χ4n) is 3.90. The molecule has 0 aliphatic carbocycles. The van der Waals surface area contributed by atoms with Gasteiger partial charge < -0.3 is 19.8 Å². The minimum atomic E-state index is -0.807. The molecule has 0 unspecified atom stereocenters. The average molecular weight is 470 g/mol. The van der Waals surface area contributed by atoms with Crippen molar-refractivity contribution in [3.05, 3.63) is 59.0 Å². The summed E-state index contributed by atoms with van der Waals surface area (Å²) in [5, 5.41) is 19.2. The molecule has 0 radical (unpaired) electrons. The van der Waals surface area contributed by atoms with Crippen LogP contribution in [-0.2, 0) is 6.54 Å². The van der Waals surface area contributed by atoms with Crippen LogP contribution in [0.3, 0.4) is 0 Å². The van der Waals surface area contributed by atoms with Crippen molar-refractivity contribution in [1.29, 1.82) is 0 Å². The number of hydrogen-bond acceptors (Lipinski definition) is 6. The third-order valence-corrected chi connectivity index (χ3v) is 5.78. The summed E-state index contributed by atoms with van der Waals surface area (Å²) in [6.07, 6.45) is 0.403. The molecule has 8 heteroatoms. The van der Waals surface area contributed by atoms with Crippen LogP contribution in [-0.4, -0.2) is 75.9 Å². The maximum absolute atomic E-state index is 13.6. The Morgan fingerprint density at radius 3 is 2.79 bits per heavy atom. The van der Waals surface area contributed by atoms with Gasteiger partial charge in [0.15, 0.2) is 0 Å². The zero-order valence-electron chi connectivity index (χ0n) is 20.0. The Morgan fingerprint density at radius 2 is 2.12 bits per heavy atom. The maximum Gasteiger partial charge on any atom is 0.259 e. The Balaban J connectivity index is 1.90. The van der Waals surface area contributed by atoms with Gasteiger partial charge in [0.05, 0.1) is 12.6 Å². The number of amides is 1. The normalized spacial score (nSPS) is 19.9. The number of carbonyl (C=O) groups is 1. The van der Waals surface area contributed by atoms with Gasteiger partial charge in [0.2, 0.25) is 5.88 Å². The number of ether oxygens (including phenoxy) is 1. The monoisotopic (exact) mass is 469 g/mol. The maximum atomic E-state index is 13.6. The lowest BCUT2D eigenvalue weighted by atomic mass is 9.99. The van der Waals surface area contributed by atoms with E-state index in [1.165, 1.54) is 18.3 Å². The second-order valence-electron chi connectivity index (χ2n) is 8.97. The van der Waals surface area contributed by atoms with E-state index in [0.29, 0.717) is 25.2 Å². The van der Waals surface area contributed by atoms with Gasteiger partial charge in [-0.15, -0.1) is 0 Å². The number of aliphatic hydroxyl groups is 2. The van der Waals surface area contributed by atoms with Gasteiger partial charge in [-0.2, -0.15) is 0 Å². The summed E-state index contributed by atoms with van der Waals surface area (Å²) in [5.74, 6) is 5.05. The first-order valence-electron chi connectivity index (χ1n) is 11.4. The number of aliphatic hydroxyl groups excluding tert-OH is 2. The Labute approximate surface area is 200 Å². The molecule has 1 aromatic heterocycles. The van der Waals surface area contributed by atoms with Crippen molar-refractivity contribution in [3.8, 4) is 17.7 Å². The molecule has 1 aliphatic heterocycles. The predicted octanol–water partition coefficient (Wildman–Crippen LogP) is 2.31. The van der Waals surface area contributed by atoms with Gasteiger partial charge in [0.1, 0.15) is 23.6 Å². The lowest BCUT2D eigenvalue weighted by Gasteiger charge is -2.37. The van der Waals surface area contributed by atoms with E-state index in [-0.39, 0.29) is 41.8 Å². The van der Waals surface area contributed by atoms with E-state index in [9.17, 15) is 19.4 Å². The fraction of sp³-hybridized carbons (Fsp3) is 0.462. The van der Waals surface area contributed by atoms with E-state index in [0.717, 1.165) is 5.56 Å². The van der Waals surface area contributed by atoms with Crippen LogP contribution >= 0.6 is 0 Å². The van der Waals surface area contributed by atoms with Gasteiger partial charge in [-0.1, -0.05) is 30.9 Å². The first kappa shape index (κ1) is 25.6. The van der Waals surface area contributed by atoms with Crippen LogP contribution in [0, 0.1) is 23.6 Å². The van der Waals surface area contributed by atoms with Crippen LogP contribution < -0.4 is 4.74 Å². The lowest BCUT2D eigenvalue weighted by Crippen LogP contribution is -2.49. The Kier molecular flexibility index (Phi) is 8.61. The van der Waals surface area contributed by atoms with Crippen LogP contribution in [0.4, 0.5) is 4.39 Å². The zero-order chi connectivity index (χ0) is 24.8. The summed E-state index contributed by atoms with van der Waals surface area (Å²) in [7, 11) is 1.93. The van der Waals surface area contributed by atoms with Gasteiger partial charge in [-0.05, 0) is 44.7 Å². The molecular weight excluding hydrogens is 437 g/mol. The number of fused-ring (bicyclic) bond motifs is 1. The Bertz CT molecular complexity index is 1070. The average Bonchev–Trinajstić information content (AvgIpc) is 2.79. The molecule has 0 saturated heterocycles. The van der Waals surface area contributed by atoms with Crippen LogP contribution in [0.1, 0.15) is 42.3 Å². The summed E-state index contributed by atoms with van der Waals surface area (Å²) in [6.45, 7) is 6.63. The predicted molar refractivity (Wildman–Crippen MR) is 127 cm³/mol. The number of halogens is 1. The van der Waals surface area contributed by atoms with Crippen molar-refractivity contribution in [2.24, 2.45) is 5.92 Å². The highest BCUT2D eigenvalue weighted by Crippen LogP contribution is 2.27. The van der Waals surface area contributed by atoms with Crippen LogP contribution in [0.15, 0.2) is 36.5 Å². The first-order valence-corrected chi connectivity index (χ1v) is 11.4. The third-order valence-electron chi connectivity index (χ3n) is 5.78. The molecule has 1 aliphatic rings. The lowest BCUT2D eigenvalue weighted by molar-refractivity contribution is 0.0325. The second kappa shape index (κ2) is 11.4. The summed E-state index contributed by atoms with van der Waals surface area (Å²) < 4.78 is 19.8. The van der Waals surface area contributed by atoms with E-state index in [1.807, 2.05) is 24.9 Å². The number of carbonyl (C=O) groups excluding carboxylic acids is 1. The van der Waals surface area contributed by atoms with Crippen molar-refractivity contribution in [1.82, 2.24) is 14.8 Å². The molecule has 34 heavy (non-hydrogen) atoms. The number of pyridine rings is 1. The van der Waals surface area contributed by atoms with E-state index in [1.54, 1.807) is 30.9 Å². The SMILES string of the molecule is C[C@@H](O)C#Cc1cnc2c(c1)C(=O)N([C@@H](C)CO)C[C@H](C)[C@H](CN(C)Cc1cccc(F)c1)O2. The van der Waals surface area contributed by atoms with Gasteiger partial charge in [-0.25, -0.2) is 9.37 Å². The minimum Gasteiger partial charge on any atom is -0.472 e. The molecule has 2 N–H and O–H groups in total. The van der Waals surface area contributed by atoms with E-state index < -0.39 is 12.1 Å². The van der Waals surface area contributed by atoms with Crippen LogP contribution in [0.5, 0.6) is 5.88 Å². The number of hydrogen-bond donors (Lipinski definition) is 2. The topological polar surface area (TPSA) is 86.1 Å². The van der Waals surface area contributed by atoms with Gasteiger partial charge >= 0.3 is 0 Å². The van der Waals surface area contributed by atoms with Gasteiger partial charge in [0.25, 0.3) is 5.91 Å². The summed E-state index contributed by atoms with van der Waals surface area (Å²) in [5.41, 5.74) is 1.61. The van der Waals surface area contributed by atoms with Crippen molar-refractivity contribution in [3.63, 3.8) is 0 Å². The van der Waals surface area contributed by atoms with Gasteiger partial charge in [-0.3, -0.25) is 9.69 Å². The Hall–Kier alpha value is -2.99. The smallest absolute Gasteiger partial charge is 0.259 e. The molecule has 182 valence electrons. The second-order valence-corrected chi connectivity index (χ2v) is 8.97. The van der Waals surface area contributed by atoms with Crippen LogP contribution in [0.25, 0.3) is 0 Å². The highest BCUT2D eigenvalue weighted by molar-refractivity contribution is 5.97. The van der Waals surface area contributed by atoms with Crippen molar-refractivity contribution < 1.29 is 24.1 Å². The Morgan fingerprint density at radius 1 is 1.35 bits per heavy atom. The molecule has 2 heterocycles. The standard InChI is InChI=1S/C26H32FN3O4/c1-17-13-30(18(2)16-31)26(33)23-11-20(9-8-19(3)32)12-28-25(23)34-24(17)15-29(4)14-21-6-5-7-22(27)10-21/h5-7,10-12,17-19,24,31-32H,13-16H2,1-4H3/t17-,18-,19+,24-/m0/s1. The molecule has 1 amide bonds. The van der Waals surface area contributed by atoms with Crippen molar-refractivity contribution in [2.75, 3.05) is 26.7 Å². The molecule has 7 nitrogen and oxygen atoms in total. The van der Waals surface area contributed by atoms with Crippen molar-refractivity contribution >= 4 is 5.91 Å². The largest absolute Gasteiger partial charge is 0.472 e. The van der Waals surface area contributed by atoms with Crippen molar-refractivity contribution in [2.45, 2.75) is 45.6 Å². The number of aromatic nitrogens is 1. The number of rotatable bonds is 6. The van der Waals surface area contributed by atoms with E-state index in [4.69, 9.17) is 4.74 Å². The molecule has 2 aromatic rings. The highest BCUT2D eigenvalue weighted by Gasteiger charge is 2.34. The minimum absolute atomic E-state index is 0.0578. The quantitative estimate of drug-likeness (QED) is 0.632. The fourth-order valence-corrected chi connectivity index (χ4v) is 3.90. The first-order chi connectivity index (χ1) is 16.2. The molecule has 4 atom stereocenters. The summed E-state index contributed by atoms with van der Waals surface area (Å²) in [4.78, 5) is 21.4. The molecular formula is C26H32FN3O4. The zero-order valence-corrected chi connectivity index (χ0v) is 20.0. The van der Waals surface area contributed by atoms with E-state index >= 15 is 0 Å². The summed E-state index contributed by atoms with van der Waals surface area (Å²) >= 11 is 0. The third kappa shape index (κ3) is 6.54. The number of nitrogens with zero attached hydrogens (tertiary/aromatic N) is 3. The molecule has 1 aromatic carbocycles.